The molecule has 4 rings (SSSR count). The number of amides is 1. The first kappa shape index (κ1) is 21.4. The van der Waals surface area contributed by atoms with E-state index in [1.807, 2.05) is 11.8 Å². The molecule has 7 heteroatoms. The molecule has 1 aliphatic carbocycles. The smallest absolute Gasteiger partial charge is 0.265 e. The highest BCUT2D eigenvalue weighted by molar-refractivity contribution is 6.38. The van der Waals surface area contributed by atoms with Gasteiger partial charge in [-0.05, 0) is 62.8 Å². The first-order chi connectivity index (χ1) is 15.0. The molecule has 1 aromatic heterocycles. The Balaban J connectivity index is 1.47. The number of nitrogens with one attached hydrogen (secondary N) is 1. The molecule has 0 spiro atoms. The van der Waals surface area contributed by atoms with E-state index in [0.29, 0.717) is 36.0 Å². The van der Waals surface area contributed by atoms with Gasteiger partial charge in [0.05, 0.1) is 5.69 Å². The summed E-state index contributed by atoms with van der Waals surface area (Å²) in [4.78, 5) is 28.0. The third-order valence-corrected chi connectivity index (χ3v) is 6.34. The summed E-state index contributed by atoms with van der Waals surface area (Å²) in [5, 5.41) is 2.99. The Kier molecular flexibility index (Phi) is 6.59. The van der Waals surface area contributed by atoms with E-state index < -0.39 is 0 Å². The number of benzene rings is 1. The van der Waals surface area contributed by atoms with Gasteiger partial charge in [-0.2, -0.15) is 0 Å². The van der Waals surface area contributed by atoms with Gasteiger partial charge in [-0.25, -0.2) is 19.4 Å². The number of aliphatic imine (C=N–C) groups is 1. The predicted octanol–water partition coefficient (Wildman–Crippen LogP) is 4.80. The molecule has 1 N–H and O–H groups in total. The van der Waals surface area contributed by atoms with Crippen molar-refractivity contribution in [1.82, 2.24) is 15.3 Å². The van der Waals surface area contributed by atoms with Gasteiger partial charge in [0.1, 0.15) is 23.5 Å². The van der Waals surface area contributed by atoms with Crippen molar-refractivity contribution in [1.29, 1.82) is 0 Å². The van der Waals surface area contributed by atoms with E-state index in [1.54, 1.807) is 19.1 Å². The molecule has 2 aliphatic rings. The Morgan fingerprint density at radius 2 is 2.10 bits per heavy atom. The Morgan fingerprint density at radius 3 is 2.90 bits per heavy atom. The van der Waals surface area contributed by atoms with E-state index in [9.17, 15) is 9.18 Å². The number of hydrogen-bond donors (Lipinski definition) is 1. The van der Waals surface area contributed by atoms with Crippen molar-refractivity contribution in [3.05, 3.63) is 41.6 Å². The molecule has 0 atom stereocenters. The number of anilines is 2. The minimum absolute atomic E-state index is 0.162. The molecule has 1 amide bonds. The summed E-state index contributed by atoms with van der Waals surface area (Å²) in [6, 6.07) is 4.79. The molecule has 6 nitrogen and oxygen atoms in total. The summed E-state index contributed by atoms with van der Waals surface area (Å²) < 4.78 is 13.6. The lowest BCUT2D eigenvalue weighted by Gasteiger charge is -2.20. The van der Waals surface area contributed by atoms with Crippen LogP contribution in [0.3, 0.4) is 0 Å². The van der Waals surface area contributed by atoms with Crippen LogP contribution in [0.15, 0.2) is 29.5 Å². The van der Waals surface area contributed by atoms with E-state index in [1.165, 1.54) is 44.5 Å². The second-order valence-corrected chi connectivity index (χ2v) is 8.55. The van der Waals surface area contributed by atoms with Crippen LogP contribution in [-0.2, 0) is 11.2 Å². The lowest BCUT2D eigenvalue weighted by molar-refractivity contribution is -0.114. The average molecular weight is 424 g/mol. The zero-order valence-corrected chi connectivity index (χ0v) is 18.3. The molecule has 1 aliphatic heterocycles. The lowest BCUT2D eigenvalue weighted by atomic mass is 10.0. The fourth-order valence-corrected chi connectivity index (χ4v) is 4.61. The summed E-state index contributed by atoms with van der Waals surface area (Å²) in [6.07, 6.45) is 9.78. The quantitative estimate of drug-likeness (QED) is 0.513. The highest BCUT2D eigenvalue weighted by Crippen LogP contribution is 2.39. The van der Waals surface area contributed by atoms with E-state index in [0.717, 1.165) is 30.0 Å². The van der Waals surface area contributed by atoms with Crippen LogP contribution >= 0.6 is 0 Å². The molecule has 0 unspecified atom stereocenters. The number of carbonyl (C=O) groups excluding carboxylic acids is 1. The van der Waals surface area contributed by atoms with E-state index in [2.05, 4.69) is 20.3 Å². The highest BCUT2D eigenvalue weighted by Gasteiger charge is 2.25. The third kappa shape index (κ3) is 4.92. The molecule has 1 saturated carbocycles. The standard InChI is InChI=1S/C24H30FN5O/c1-16-22(29-17(2)24(31)26-12-5-8-18-6-3-4-7-18)23(28-15-27-16)30-13-11-19-14-20(25)9-10-21(19)30/h9-10,14-15,18H,3-8,11-13H2,1-2H3,(H,26,31). The van der Waals surface area contributed by atoms with Crippen LogP contribution in [0.2, 0.25) is 0 Å². The van der Waals surface area contributed by atoms with Crippen molar-refractivity contribution in [2.75, 3.05) is 18.0 Å². The fourth-order valence-electron chi connectivity index (χ4n) is 4.61. The summed E-state index contributed by atoms with van der Waals surface area (Å²) in [5.41, 5.74) is 3.54. The van der Waals surface area contributed by atoms with Crippen LogP contribution in [0.5, 0.6) is 0 Å². The maximum absolute atomic E-state index is 13.6. The van der Waals surface area contributed by atoms with Crippen LogP contribution in [0.25, 0.3) is 0 Å². The molecular weight excluding hydrogens is 393 g/mol. The molecule has 0 radical (unpaired) electrons. The van der Waals surface area contributed by atoms with Gasteiger partial charge in [0.25, 0.3) is 5.91 Å². The lowest BCUT2D eigenvalue weighted by Crippen LogP contribution is -2.30. The molecule has 31 heavy (non-hydrogen) atoms. The Morgan fingerprint density at radius 1 is 1.29 bits per heavy atom. The second kappa shape index (κ2) is 9.54. The zero-order chi connectivity index (χ0) is 21.8. The number of hydrogen-bond acceptors (Lipinski definition) is 5. The maximum atomic E-state index is 13.6. The second-order valence-electron chi connectivity index (χ2n) is 8.55. The van der Waals surface area contributed by atoms with Gasteiger partial charge in [-0.15, -0.1) is 0 Å². The topological polar surface area (TPSA) is 70.5 Å². The molecule has 2 heterocycles. The summed E-state index contributed by atoms with van der Waals surface area (Å²) in [7, 11) is 0. The summed E-state index contributed by atoms with van der Waals surface area (Å²) in [5.74, 6) is 1.07. The molecule has 1 aromatic carbocycles. The number of halogens is 1. The largest absolute Gasteiger partial charge is 0.351 e. The molecule has 0 saturated heterocycles. The summed E-state index contributed by atoms with van der Waals surface area (Å²) >= 11 is 0. The van der Waals surface area contributed by atoms with Crippen LogP contribution in [0.1, 0.15) is 56.7 Å². The predicted molar refractivity (Wildman–Crippen MR) is 121 cm³/mol. The Bertz CT molecular complexity index is 984. The Labute approximate surface area is 183 Å². The van der Waals surface area contributed by atoms with Crippen LogP contribution < -0.4 is 10.2 Å². The minimum atomic E-state index is -0.238. The SMILES string of the molecule is CC(=Nc1c(C)ncnc1N1CCc2cc(F)ccc21)C(=O)NCCCC1CCCC1. The first-order valence-electron chi connectivity index (χ1n) is 11.2. The van der Waals surface area contributed by atoms with Gasteiger partial charge in [0, 0.05) is 18.8 Å². The minimum Gasteiger partial charge on any atom is -0.351 e. The van der Waals surface area contributed by atoms with Crippen molar-refractivity contribution in [2.45, 2.75) is 58.8 Å². The van der Waals surface area contributed by atoms with Crippen molar-refractivity contribution >= 4 is 28.8 Å². The van der Waals surface area contributed by atoms with Crippen LogP contribution in [0, 0.1) is 18.7 Å². The number of fused-ring (bicyclic) bond motifs is 1. The van der Waals surface area contributed by atoms with Crippen molar-refractivity contribution < 1.29 is 9.18 Å². The maximum Gasteiger partial charge on any atom is 0.265 e. The Hall–Kier alpha value is -2.83. The number of carbonyl (C=O) groups is 1. The first-order valence-corrected chi connectivity index (χ1v) is 11.2. The van der Waals surface area contributed by atoms with E-state index in [4.69, 9.17) is 0 Å². The molecule has 1 fully saturated rings. The molecule has 2 aromatic rings. The average Bonchev–Trinajstić information content (AvgIpc) is 3.42. The van der Waals surface area contributed by atoms with Crippen LogP contribution in [-0.4, -0.2) is 34.7 Å². The monoisotopic (exact) mass is 423 g/mol. The number of nitrogens with zero attached hydrogens (tertiary/aromatic N) is 4. The summed E-state index contributed by atoms with van der Waals surface area (Å²) in [6.45, 7) is 4.93. The van der Waals surface area contributed by atoms with Crippen molar-refractivity contribution in [2.24, 2.45) is 10.9 Å². The number of aromatic nitrogens is 2. The molecule has 164 valence electrons. The molecular formula is C24H30FN5O. The number of aryl methyl sites for hydroxylation is 1. The molecule has 0 bridgehead atoms. The van der Waals surface area contributed by atoms with E-state index in [-0.39, 0.29) is 11.7 Å². The van der Waals surface area contributed by atoms with Crippen molar-refractivity contribution in [3.8, 4) is 0 Å². The van der Waals surface area contributed by atoms with Crippen molar-refractivity contribution in [3.63, 3.8) is 0 Å². The zero-order valence-electron chi connectivity index (χ0n) is 18.3. The van der Waals surface area contributed by atoms with E-state index >= 15 is 0 Å². The van der Waals surface area contributed by atoms with Gasteiger partial charge >= 0.3 is 0 Å². The van der Waals surface area contributed by atoms with Gasteiger partial charge < -0.3 is 10.2 Å². The van der Waals surface area contributed by atoms with Gasteiger partial charge in [-0.3, -0.25) is 4.79 Å². The fraction of sp³-hybridized carbons (Fsp3) is 0.500. The van der Waals surface area contributed by atoms with Gasteiger partial charge in [0.2, 0.25) is 0 Å². The van der Waals surface area contributed by atoms with Gasteiger partial charge in [-0.1, -0.05) is 25.7 Å². The van der Waals surface area contributed by atoms with Gasteiger partial charge in [0.15, 0.2) is 5.82 Å². The third-order valence-electron chi connectivity index (χ3n) is 6.34. The normalized spacial score (nSPS) is 16.6. The highest BCUT2D eigenvalue weighted by atomic mass is 19.1. The number of rotatable bonds is 7. The van der Waals surface area contributed by atoms with Crippen LogP contribution in [0.4, 0.5) is 21.6 Å².